The van der Waals surface area contributed by atoms with Gasteiger partial charge in [0.05, 0.1) is 42.1 Å². The maximum atomic E-state index is 11.5. The Morgan fingerprint density at radius 1 is 0.511 bits per heavy atom. The summed E-state index contributed by atoms with van der Waals surface area (Å²) in [7, 11) is -6.72. The second-order valence-electron chi connectivity index (χ2n) is 24.4. The molecule has 0 aliphatic rings. The molecule has 5 aromatic carbocycles. The van der Waals surface area contributed by atoms with Gasteiger partial charge in [-0.25, -0.2) is 31.3 Å². The molecule has 11 rings (SSSR count). The predicted octanol–water partition coefficient (Wildman–Crippen LogP) is 16.5. The van der Waals surface area contributed by atoms with Crippen molar-refractivity contribution in [3.8, 4) is 68.2 Å². The number of nitrogens with one attached hydrogen (secondary N) is 5. The van der Waals surface area contributed by atoms with Crippen molar-refractivity contribution in [2.45, 2.75) is 150 Å². The number of hydrogen-bond acceptors (Lipinski definition) is 12. The first-order valence-electron chi connectivity index (χ1n) is 31.9. The Hall–Kier alpha value is -8.47. The molecule has 92 heavy (non-hydrogen) atoms. The van der Waals surface area contributed by atoms with Crippen LogP contribution in [-0.4, -0.2) is 102 Å². The third-order valence-electron chi connectivity index (χ3n) is 15.4. The third kappa shape index (κ3) is 19.5. The number of anilines is 2. The Labute approximate surface area is 545 Å². The molecular formula is C69H87ClN14O6S2. The lowest BCUT2D eigenvalue weighted by Crippen LogP contribution is -2.12. The number of sulfonamides is 2. The molecule has 0 saturated heterocycles. The molecule has 0 spiro atoms. The number of hydrogen-bond donors (Lipinski definition) is 5. The molecule has 488 valence electrons. The van der Waals surface area contributed by atoms with Gasteiger partial charge in [-0.15, -0.1) is 20.4 Å². The first-order valence-corrected chi connectivity index (χ1v) is 36.1. The zero-order valence-corrected chi connectivity index (χ0v) is 56.5. The van der Waals surface area contributed by atoms with Gasteiger partial charge >= 0.3 is 0 Å². The van der Waals surface area contributed by atoms with E-state index in [1.165, 1.54) is 95.5 Å². The van der Waals surface area contributed by atoms with Crippen LogP contribution in [0.2, 0.25) is 5.02 Å². The summed E-state index contributed by atoms with van der Waals surface area (Å²) in [6.07, 6.45) is 22.5. The molecule has 0 aliphatic carbocycles. The number of nitrogens with zero attached hydrogens (tertiary/aromatic N) is 9. The van der Waals surface area contributed by atoms with Gasteiger partial charge in [0.1, 0.15) is 11.5 Å². The van der Waals surface area contributed by atoms with Crippen molar-refractivity contribution in [1.82, 2.24) is 59.4 Å². The fourth-order valence-electron chi connectivity index (χ4n) is 10.5. The van der Waals surface area contributed by atoms with Gasteiger partial charge in [-0.2, -0.15) is 9.26 Å². The number of unbranched alkanes of at least 4 members (excludes halogenated alkanes) is 14. The zero-order chi connectivity index (χ0) is 65.3. The van der Waals surface area contributed by atoms with E-state index in [0.29, 0.717) is 57.3 Å². The molecule has 0 aliphatic heterocycles. The van der Waals surface area contributed by atoms with Crippen molar-refractivity contribution in [3.63, 3.8) is 0 Å². The van der Waals surface area contributed by atoms with E-state index in [9.17, 15) is 16.8 Å². The molecule has 0 unspecified atom stereocenters. The van der Waals surface area contributed by atoms with Crippen LogP contribution in [-0.2, 0) is 25.5 Å². The monoisotopic (exact) mass is 1310 g/mol. The molecule has 0 amide bonds. The molecule has 0 atom stereocenters. The van der Waals surface area contributed by atoms with Crippen LogP contribution in [0.5, 0.6) is 11.5 Å². The molecule has 11 aromatic rings. The van der Waals surface area contributed by atoms with E-state index in [2.05, 4.69) is 115 Å². The van der Waals surface area contributed by atoms with Crippen LogP contribution in [0.1, 0.15) is 149 Å². The van der Waals surface area contributed by atoms with Gasteiger partial charge < -0.3 is 9.47 Å². The number of rotatable bonds is 29. The van der Waals surface area contributed by atoms with Gasteiger partial charge in [-0.05, 0) is 79.9 Å². The average molecular weight is 1310 g/mol. The van der Waals surface area contributed by atoms with E-state index < -0.39 is 20.0 Å². The van der Waals surface area contributed by atoms with Crippen molar-refractivity contribution in [2.75, 3.05) is 35.2 Å². The molecular weight excluding hydrogens is 1220 g/mol. The van der Waals surface area contributed by atoms with Gasteiger partial charge in [-0.3, -0.25) is 24.7 Å². The minimum atomic E-state index is -3.37. The fraction of sp³-hybridized carbons (Fsp3) is 0.391. The summed E-state index contributed by atoms with van der Waals surface area (Å²) in [5, 5.41) is 28.0. The van der Waals surface area contributed by atoms with Crippen LogP contribution < -0.4 is 18.9 Å². The normalized spacial score (nSPS) is 11.8. The number of ether oxygens (including phenoxy) is 2. The number of fused-ring (bicyclic) bond motifs is 3. The first kappa shape index (κ1) is 67.9. The minimum absolute atomic E-state index is 0.0731. The van der Waals surface area contributed by atoms with Gasteiger partial charge in [-0.1, -0.05) is 197 Å². The summed E-state index contributed by atoms with van der Waals surface area (Å²) in [5.74, 6) is 3.40. The maximum Gasteiger partial charge on any atom is 0.229 e. The van der Waals surface area contributed by atoms with Crippen molar-refractivity contribution < 1.29 is 26.3 Å². The van der Waals surface area contributed by atoms with Crippen LogP contribution in [0, 0.1) is 6.92 Å². The molecule has 6 heterocycles. The van der Waals surface area contributed by atoms with Crippen molar-refractivity contribution in [2.24, 2.45) is 0 Å². The number of aromatic amines is 3. The second-order valence-corrected chi connectivity index (χ2v) is 28.3. The van der Waals surface area contributed by atoms with Crippen molar-refractivity contribution in [1.29, 1.82) is 0 Å². The number of H-pyrrole nitrogens is 3. The Morgan fingerprint density at radius 2 is 1.01 bits per heavy atom. The second kappa shape index (κ2) is 31.7. The van der Waals surface area contributed by atoms with Crippen LogP contribution in [0.25, 0.3) is 73.6 Å². The highest BCUT2D eigenvalue weighted by molar-refractivity contribution is 7.92. The summed E-state index contributed by atoms with van der Waals surface area (Å²) in [6, 6.07) is 41.8. The third-order valence-corrected chi connectivity index (χ3v) is 16.9. The minimum Gasteiger partial charge on any atom is -0.494 e. The highest BCUT2D eigenvalue weighted by Crippen LogP contribution is 2.33. The van der Waals surface area contributed by atoms with Crippen molar-refractivity contribution in [3.05, 3.63) is 150 Å². The molecule has 0 radical (unpaired) electrons. The lowest BCUT2D eigenvalue weighted by atomic mass is 9.93. The molecule has 5 N–H and O–H groups in total. The smallest absolute Gasteiger partial charge is 0.229 e. The SMILES string of the molecule is CCCCCCCCCCOc1ccc(-c2cc3nc(-c4cccc(NS(C)(=O)=O)c4)nn3[nH]2)cc1Cl.CCCCCCCCCCOc1cccc(-c2cc3nc(-c4cccc(NS(C)(=O)=O)c4)nn3[nH]2)c1.Cc1ccccc1-c1nnc2cc(C(C)(C)C)[nH]n12. The van der Waals surface area contributed by atoms with Crippen LogP contribution >= 0.6 is 11.6 Å². The van der Waals surface area contributed by atoms with E-state index in [1.807, 2.05) is 83.4 Å². The molecule has 20 nitrogen and oxygen atoms in total. The standard InChI is InChI=1S/C27H34ClN5O3S.C27H35N5O3S.C15H18N4/c1-3-4-5-6-7-8-9-10-16-36-25-15-14-20(18-23(25)28)24-19-26-29-27(31-33(26)30-24)21-12-11-13-22(17-21)32-37(2,34)35;1-3-4-5-6-7-8-9-10-17-35-24-16-12-13-21(19-24)25-20-26-28-27(30-32(26)29-25)22-14-11-15-23(18-22)31-36(2,33)34;1-10-7-5-6-8-11(10)14-17-16-13-9-12(15(2,3)4)18-19(13)14/h11-15,17-19,30,32H,3-10,16H2,1-2H3;11-16,18-20,29,31H,3-10,17H2,1-2H3;5-9,18H,1-4H3. The average Bonchev–Trinajstić information content (AvgIpc) is 1.65. The van der Waals surface area contributed by atoms with E-state index in [4.69, 9.17) is 21.1 Å². The molecule has 23 heteroatoms. The first-order chi connectivity index (χ1) is 44.2. The summed E-state index contributed by atoms with van der Waals surface area (Å²) >= 11 is 6.50. The largest absolute Gasteiger partial charge is 0.494 e. The highest BCUT2D eigenvalue weighted by Gasteiger charge is 2.21. The van der Waals surface area contributed by atoms with Gasteiger partial charge in [0.25, 0.3) is 0 Å². The topological polar surface area (TPSA) is 249 Å². The summed E-state index contributed by atoms with van der Waals surface area (Å²) in [6.45, 7) is 14.5. The van der Waals surface area contributed by atoms with Gasteiger partial charge in [0.2, 0.25) is 20.0 Å². The molecule has 0 bridgehead atoms. The zero-order valence-electron chi connectivity index (χ0n) is 54.1. The Kier molecular flexibility index (Phi) is 23.4. The quantitative estimate of drug-likeness (QED) is 0.0275. The molecule has 0 fully saturated rings. The van der Waals surface area contributed by atoms with E-state index >= 15 is 0 Å². The maximum absolute atomic E-state index is 11.5. The Balaban J connectivity index is 0.000000171. The summed E-state index contributed by atoms with van der Waals surface area (Å²) in [5.41, 5.74) is 11.7. The number of aromatic nitrogens is 12. The van der Waals surface area contributed by atoms with Gasteiger partial charge in [0, 0.05) is 68.5 Å². The molecule has 0 saturated carbocycles. The highest BCUT2D eigenvalue weighted by atomic mass is 35.5. The van der Waals surface area contributed by atoms with E-state index in [0.717, 1.165) is 88.5 Å². The van der Waals surface area contributed by atoms with Crippen molar-refractivity contribution >= 4 is 60.0 Å². The summed E-state index contributed by atoms with van der Waals surface area (Å²) < 4.78 is 68.1. The Morgan fingerprint density at radius 3 is 1.52 bits per heavy atom. The number of benzene rings is 5. The lowest BCUT2D eigenvalue weighted by Gasteiger charge is -2.15. The number of aryl methyl sites for hydroxylation is 1. The van der Waals surface area contributed by atoms with Gasteiger partial charge in [0.15, 0.2) is 34.4 Å². The lowest BCUT2D eigenvalue weighted by molar-refractivity contribution is 0.304. The molecule has 6 aromatic heterocycles. The number of halogens is 1. The predicted molar refractivity (Wildman–Crippen MR) is 371 cm³/mol. The van der Waals surface area contributed by atoms with E-state index in [-0.39, 0.29) is 5.41 Å². The van der Waals surface area contributed by atoms with E-state index in [1.54, 1.807) is 45.7 Å². The van der Waals surface area contributed by atoms with Crippen LogP contribution in [0.4, 0.5) is 11.4 Å². The van der Waals surface area contributed by atoms with Crippen LogP contribution in [0.15, 0.2) is 133 Å². The van der Waals surface area contributed by atoms with Crippen LogP contribution in [0.3, 0.4) is 0 Å². The summed E-state index contributed by atoms with van der Waals surface area (Å²) in [4.78, 5) is 9.18. The Bertz CT molecular complexity index is 4340. The fourth-order valence-corrected chi connectivity index (χ4v) is 11.9.